The lowest BCUT2D eigenvalue weighted by molar-refractivity contribution is 0.105. The van der Waals surface area contributed by atoms with Crippen LogP contribution in [-0.2, 0) is 17.8 Å². The summed E-state index contributed by atoms with van der Waals surface area (Å²) in [6.07, 6.45) is 1.95. The fourth-order valence-electron chi connectivity index (χ4n) is 2.47. The van der Waals surface area contributed by atoms with E-state index in [2.05, 4.69) is 15.3 Å². The Morgan fingerprint density at radius 1 is 1.41 bits per heavy atom. The summed E-state index contributed by atoms with van der Waals surface area (Å²) in [5.74, 6) is 2.05. The average Bonchev–Trinajstić information content (AvgIpc) is 2.91. The maximum Gasteiger partial charge on any atom is 0.220 e. The molecule has 1 saturated heterocycles. The van der Waals surface area contributed by atoms with E-state index in [-0.39, 0.29) is 0 Å². The molecule has 1 unspecified atom stereocenters. The molecule has 2 aliphatic rings. The van der Waals surface area contributed by atoms with Gasteiger partial charge >= 0.3 is 0 Å². The normalized spacial score (nSPS) is 23.5. The van der Waals surface area contributed by atoms with Crippen LogP contribution in [0.5, 0.6) is 5.88 Å². The summed E-state index contributed by atoms with van der Waals surface area (Å²) in [6.45, 7) is 3.32. The Kier molecular flexibility index (Phi) is 2.94. The van der Waals surface area contributed by atoms with Crippen LogP contribution in [0.1, 0.15) is 29.4 Å². The van der Waals surface area contributed by atoms with Crippen LogP contribution in [0.15, 0.2) is 0 Å². The van der Waals surface area contributed by atoms with E-state index in [0.717, 1.165) is 55.5 Å². The van der Waals surface area contributed by atoms with Crippen molar-refractivity contribution < 1.29 is 9.47 Å². The first-order valence-corrected chi connectivity index (χ1v) is 6.10. The Bertz CT molecular complexity index is 399. The minimum atomic E-state index is 0.413. The highest BCUT2D eigenvalue weighted by Gasteiger charge is 2.24. The Labute approximate surface area is 101 Å². The molecular weight excluding hydrogens is 218 g/mol. The van der Waals surface area contributed by atoms with E-state index in [1.54, 1.807) is 7.11 Å². The van der Waals surface area contributed by atoms with Crippen LogP contribution in [0, 0.1) is 0 Å². The van der Waals surface area contributed by atoms with Gasteiger partial charge in [0, 0.05) is 24.4 Å². The van der Waals surface area contributed by atoms with Crippen molar-refractivity contribution in [3.8, 4) is 5.88 Å². The summed E-state index contributed by atoms with van der Waals surface area (Å²) in [7, 11) is 1.68. The molecule has 0 radical (unpaired) electrons. The maximum absolute atomic E-state index is 5.45. The van der Waals surface area contributed by atoms with Crippen molar-refractivity contribution in [1.82, 2.24) is 15.3 Å². The van der Waals surface area contributed by atoms with E-state index in [1.807, 2.05) is 0 Å². The van der Waals surface area contributed by atoms with Crippen molar-refractivity contribution in [2.24, 2.45) is 0 Å². The number of aromatic nitrogens is 2. The predicted molar refractivity (Wildman–Crippen MR) is 62.2 cm³/mol. The van der Waals surface area contributed by atoms with Gasteiger partial charge in [0.15, 0.2) is 0 Å². The highest BCUT2D eigenvalue weighted by molar-refractivity contribution is 5.33. The second-order valence-electron chi connectivity index (χ2n) is 4.51. The van der Waals surface area contributed by atoms with Crippen LogP contribution < -0.4 is 10.1 Å². The van der Waals surface area contributed by atoms with Crippen molar-refractivity contribution >= 4 is 0 Å². The van der Waals surface area contributed by atoms with E-state index in [4.69, 9.17) is 9.47 Å². The van der Waals surface area contributed by atoms with Crippen LogP contribution >= 0.6 is 0 Å². The van der Waals surface area contributed by atoms with E-state index in [9.17, 15) is 0 Å². The van der Waals surface area contributed by atoms with Gasteiger partial charge in [0.1, 0.15) is 5.82 Å². The first-order chi connectivity index (χ1) is 8.38. The minimum Gasteiger partial charge on any atom is -0.481 e. The second-order valence-corrected chi connectivity index (χ2v) is 4.51. The monoisotopic (exact) mass is 235 g/mol. The third kappa shape index (κ3) is 2.00. The van der Waals surface area contributed by atoms with Crippen LogP contribution in [-0.4, -0.2) is 36.8 Å². The minimum absolute atomic E-state index is 0.413. The number of nitrogens with one attached hydrogen (secondary N) is 1. The lowest BCUT2D eigenvalue weighted by Gasteiger charge is -2.19. The van der Waals surface area contributed by atoms with Crippen LogP contribution in [0.3, 0.4) is 0 Å². The predicted octanol–water partition coefficient (Wildman–Crippen LogP) is 0.635. The largest absolute Gasteiger partial charge is 0.481 e. The van der Waals surface area contributed by atoms with Gasteiger partial charge in [-0.15, -0.1) is 0 Å². The molecule has 1 aromatic heterocycles. The first-order valence-electron chi connectivity index (χ1n) is 6.10. The summed E-state index contributed by atoms with van der Waals surface area (Å²) in [5, 5.41) is 3.34. The van der Waals surface area contributed by atoms with Crippen LogP contribution in [0.2, 0.25) is 0 Å². The van der Waals surface area contributed by atoms with E-state index in [0.29, 0.717) is 12.5 Å². The Balaban J connectivity index is 1.99. The zero-order chi connectivity index (χ0) is 11.7. The second kappa shape index (κ2) is 4.58. The molecule has 0 saturated carbocycles. The number of rotatable bonds is 2. The Morgan fingerprint density at radius 2 is 2.35 bits per heavy atom. The molecule has 0 amide bonds. The number of hydrogen-bond acceptors (Lipinski definition) is 5. The van der Waals surface area contributed by atoms with Gasteiger partial charge < -0.3 is 14.8 Å². The van der Waals surface area contributed by atoms with Crippen molar-refractivity contribution in [3.63, 3.8) is 0 Å². The molecule has 0 aliphatic carbocycles. The molecule has 3 rings (SSSR count). The molecular formula is C12H17N3O2. The van der Waals surface area contributed by atoms with Crippen molar-refractivity contribution in [3.05, 3.63) is 17.1 Å². The molecule has 0 aromatic carbocycles. The zero-order valence-electron chi connectivity index (χ0n) is 10.0. The molecule has 5 nitrogen and oxygen atoms in total. The quantitative estimate of drug-likeness (QED) is 0.815. The fourth-order valence-corrected chi connectivity index (χ4v) is 2.47. The highest BCUT2D eigenvalue weighted by atomic mass is 16.5. The van der Waals surface area contributed by atoms with E-state index in [1.165, 1.54) is 0 Å². The number of methoxy groups -OCH3 is 1. The van der Waals surface area contributed by atoms with Crippen molar-refractivity contribution in [1.29, 1.82) is 0 Å². The number of fused-ring (bicyclic) bond motifs is 1. The Morgan fingerprint density at radius 3 is 3.12 bits per heavy atom. The summed E-state index contributed by atoms with van der Waals surface area (Å²) in [4.78, 5) is 9.21. The molecule has 1 atom stereocenters. The summed E-state index contributed by atoms with van der Waals surface area (Å²) in [5.41, 5.74) is 2.12. The molecule has 3 heterocycles. The number of nitrogens with zero attached hydrogens (tertiary/aromatic N) is 2. The molecule has 1 N–H and O–H groups in total. The molecule has 0 bridgehead atoms. The number of ether oxygens (including phenoxy) is 2. The van der Waals surface area contributed by atoms with Crippen LogP contribution in [0.25, 0.3) is 0 Å². The molecule has 17 heavy (non-hydrogen) atoms. The first kappa shape index (κ1) is 10.9. The van der Waals surface area contributed by atoms with E-state index < -0.39 is 0 Å². The molecule has 1 fully saturated rings. The maximum atomic E-state index is 5.45. The summed E-state index contributed by atoms with van der Waals surface area (Å²) >= 11 is 0. The third-order valence-corrected chi connectivity index (χ3v) is 3.43. The standard InChI is InChI=1S/C12H17N3O2/c1-16-12-9-3-5-17-7-10(9)14-11(15-12)8-2-4-13-6-8/h8,13H,2-7H2,1H3. The fraction of sp³-hybridized carbons (Fsp3) is 0.667. The van der Waals surface area contributed by atoms with Gasteiger partial charge in [0.25, 0.3) is 0 Å². The van der Waals surface area contributed by atoms with Gasteiger partial charge in [0.2, 0.25) is 5.88 Å². The molecule has 2 aliphatic heterocycles. The highest BCUT2D eigenvalue weighted by Crippen LogP contribution is 2.27. The van der Waals surface area contributed by atoms with Gasteiger partial charge in [-0.3, -0.25) is 0 Å². The molecule has 92 valence electrons. The van der Waals surface area contributed by atoms with Crippen molar-refractivity contribution in [2.45, 2.75) is 25.4 Å². The SMILES string of the molecule is COc1nc(C2CCNC2)nc2c1CCOC2. The van der Waals surface area contributed by atoms with E-state index >= 15 is 0 Å². The lowest BCUT2D eigenvalue weighted by atomic mass is 10.1. The molecule has 5 heteroatoms. The Hall–Kier alpha value is -1.20. The van der Waals surface area contributed by atoms with Crippen LogP contribution in [0.4, 0.5) is 0 Å². The third-order valence-electron chi connectivity index (χ3n) is 3.43. The van der Waals surface area contributed by atoms with Gasteiger partial charge in [0.05, 0.1) is 26.0 Å². The van der Waals surface area contributed by atoms with Gasteiger partial charge in [-0.1, -0.05) is 0 Å². The number of hydrogen-bond donors (Lipinski definition) is 1. The van der Waals surface area contributed by atoms with Gasteiger partial charge in [-0.2, -0.15) is 4.98 Å². The van der Waals surface area contributed by atoms with Gasteiger partial charge in [-0.05, 0) is 13.0 Å². The molecule has 0 spiro atoms. The molecule has 1 aromatic rings. The summed E-state index contributed by atoms with van der Waals surface area (Å²) in [6, 6.07) is 0. The van der Waals surface area contributed by atoms with Crippen molar-refractivity contribution in [2.75, 3.05) is 26.8 Å². The lowest BCUT2D eigenvalue weighted by Crippen LogP contribution is -2.18. The smallest absolute Gasteiger partial charge is 0.220 e. The van der Waals surface area contributed by atoms with Gasteiger partial charge in [-0.25, -0.2) is 4.98 Å². The average molecular weight is 235 g/mol. The zero-order valence-corrected chi connectivity index (χ0v) is 10.0. The summed E-state index contributed by atoms with van der Waals surface area (Å²) < 4.78 is 10.8. The topological polar surface area (TPSA) is 56.3 Å².